The number of nitrogens with zero attached hydrogens (tertiary/aromatic N) is 2. The Morgan fingerprint density at radius 3 is 1.59 bits per heavy atom. The van der Waals surface area contributed by atoms with Gasteiger partial charge in [-0.3, -0.25) is 9.80 Å². The smallest absolute Gasteiger partial charge is 0.0244 e. The molecule has 0 atom stereocenters. The molecule has 1 aliphatic rings. The minimum absolute atomic E-state index is 0.111. The Balaban J connectivity index is 1.58. The van der Waals surface area contributed by atoms with Gasteiger partial charge < -0.3 is 0 Å². The second-order valence-corrected chi connectivity index (χ2v) is 11.6. The van der Waals surface area contributed by atoms with Gasteiger partial charge in [-0.25, -0.2) is 0 Å². The molecular weight excluding hydrogens is 412 g/mol. The molecule has 0 saturated carbocycles. The van der Waals surface area contributed by atoms with Crippen molar-refractivity contribution in [3.8, 4) is 0 Å². The molecular formula is C32H42N2. The van der Waals surface area contributed by atoms with E-state index in [-0.39, 0.29) is 11.1 Å². The van der Waals surface area contributed by atoms with Crippen LogP contribution in [0.2, 0.25) is 0 Å². The van der Waals surface area contributed by atoms with Gasteiger partial charge in [-0.1, -0.05) is 90.0 Å². The topological polar surface area (TPSA) is 6.48 Å². The molecule has 0 unspecified atom stereocenters. The molecule has 0 aliphatic carbocycles. The molecule has 3 aromatic rings. The van der Waals surface area contributed by atoms with Crippen molar-refractivity contribution in [3.63, 3.8) is 0 Å². The van der Waals surface area contributed by atoms with Crippen molar-refractivity contribution in [1.29, 1.82) is 0 Å². The summed E-state index contributed by atoms with van der Waals surface area (Å²) in [5, 5.41) is 0. The lowest BCUT2D eigenvalue weighted by Gasteiger charge is -2.57. The Morgan fingerprint density at radius 1 is 0.647 bits per heavy atom. The molecule has 180 valence electrons. The first-order valence-corrected chi connectivity index (χ1v) is 12.8. The fourth-order valence-electron chi connectivity index (χ4n) is 5.89. The van der Waals surface area contributed by atoms with E-state index in [2.05, 4.69) is 130 Å². The van der Waals surface area contributed by atoms with Crippen molar-refractivity contribution < 1.29 is 0 Å². The highest BCUT2D eigenvalue weighted by Crippen LogP contribution is 2.42. The number of aryl methyl sites for hydroxylation is 2. The molecule has 3 aromatic carbocycles. The van der Waals surface area contributed by atoms with Crippen LogP contribution in [-0.4, -0.2) is 26.9 Å². The van der Waals surface area contributed by atoms with E-state index in [1.54, 1.807) is 0 Å². The maximum absolute atomic E-state index is 2.74. The average molecular weight is 455 g/mol. The zero-order chi connectivity index (χ0) is 24.3. The van der Waals surface area contributed by atoms with Crippen LogP contribution in [0.4, 0.5) is 0 Å². The second kappa shape index (κ2) is 10.1. The van der Waals surface area contributed by atoms with Gasteiger partial charge in [0.25, 0.3) is 0 Å². The van der Waals surface area contributed by atoms with Crippen LogP contribution >= 0.6 is 0 Å². The Labute approximate surface area is 207 Å². The molecule has 1 saturated heterocycles. The Morgan fingerprint density at radius 2 is 1.09 bits per heavy atom. The van der Waals surface area contributed by atoms with Gasteiger partial charge in [0.1, 0.15) is 0 Å². The van der Waals surface area contributed by atoms with Gasteiger partial charge in [0.15, 0.2) is 0 Å². The van der Waals surface area contributed by atoms with Crippen LogP contribution in [0.15, 0.2) is 78.9 Å². The van der Waals surface area contributed by atoms with Crippen LogP contribution in [0.5, 0.6) is 0 Å². The van der Waals surface area contributed by atoms with Crippen molar-refractivity contribution in [2.24, 2.45) is 0 Å². The van der Waals surface area contributed by atoms with Crippen LogP contribution in [-0.2, 0) is 19.6 Å². The van der Waals surface area contributed by atoms with Gasteiger partial charge in [-0.05, 0) is 71.1 Å². The molecule has 34 heavy (non-hydrogen) atoms. The number of hydrogen-bond acceptors (Lipinski definition) is 2. The minimum Gasteiger partial charge on any atom is -0.292 e. The van der Waals surface area contributed by atoms with Crippen molar-refractivity contribution in [1.82, 2.24) is 9.80 Å². The number of rotatable bonds is 7. The quantitative estimate of drug-likeness (QED) is 0.364. The summed E-state index contributed by atoms with van der Waals surface area (Å²) < 4.78 is 0. The molecule has 4 rings (SSSR count). The van der Waals surface area contributed by atoms with Crippen LogP contribution in [0.25, 0.3) is 0 Å². The first-order valence-electron chi connectivity index (χ1n) is 12.8. The fraction of sp³-hybridized carbons (Fsp3) is 0.438. The van der Waals surface area contributed by atoms with Crippen LogP contribution in [0, 0.1) is 13.8 Å². The van der Waals surface area contributed by atoms with Gasteiger partial charge in [0.2, 0.25) is 0 Å². The van der Waals surface area contributed by atoms with E-state index in [1.807, 2.05) is 0 Å². The summed E-state index contributed by atoms with van der Waals surface area (Å²) in [7, 11) is 0. The van der Waals surface area contributed by atoms with Gasteiger partial charge in [0, 0.05) is 36.8 Å². The summed E-state index contributed by atoms with van der Waals surface area (Å²) in [6, 6.07) is 29.7. The van der Waals surface area contributed by atoms with E-state index in [4.69, 9.17) is 0 Å². The zero-order valence-electron chi connectivity index (χ0n) is 22.0. The lowest BCUT2D eigenvalue weighted by atomic mass is 9.75. The monoisotopic (exact) mass is 454 g/mol. The van der Waals surface area contributed by atoms with Crippen molar-refractivity contribution >= 4 is 0 Å². The normalized spacial score (nSPS) is 18.3. The molecule has 1 fully saturated rings. The molecule has 0 N–H and O–H groups in total. The van der Waals surface area contributed by atoms with Gasteiger partial charge in [-0.2, -0.15) is 0 Å². The van der Waals surface area contributed by atoms with Crippen molar-refractivity contribution in [3.05, 3.63) is 107 Å². The van der Waals surface area contributed by atoms with E-state index in [1.165, 1.54) is 40.7 Å². The van der Waals surface area contributed by atoms with Crippen molar-refractivity contribution in [2.45, 2.75) is 91.1 Å². The third-order valence-corrected chi connectivity index (χ3v) is 7.64. The molecule has 1 aliphatic heterocycles. The minimum atomic E-state index is 0.111. The summed E-state index contributed by atoms with van der Waals surface area (Å²) in [6.45, 7) is 17.1. The average Bonchev–Trinajstić information content (AvgIpc) is 2.78. The molecule has 1 heterocycles. The predicted octanol–water partition coefficient (Wildman–Crippen LogP) is 7.53. The van der Waals surface area contributed by atoms with E-state index >= 15 is 0 Å². The zero-order valence-corrected chi connectivity index (χ0v) is 22.0. The Hall–Kier alpha value is -2.42. The number of likely N-dealkylation sites (tertiary alicyclic amines) is 1. The van der Waals surface area contributed by atoms with Gasteiger partial charge in [0.05, 0.1) is 0 Å². The maximum Gasteiger partial charge on any atom is 0.0244 e. The molecule has 0 bridgehead atoms. The summed E-state index contributed by atoms with van der Waals surface area (Å²) in [6.07, 6.45) is 2.34. The lowest BCUT2D eigenvalue weighted by Crippen LogP contribution is -2.63. The largest absolute Gasteiger partial charge is 0.292 e. The van der Waals surface area contributed by atoms with E-state index < -0.39 is 0 Å². The third kappa shape index (κ3) is 5.98. The highest BCUT2D eigenvalue weighted by molar-refractivity contribution is 5.24. The molecule has 0 radical (unpaired) electrons. The molecule has 0 amide bonds. The molecule has 0 aromatic heterocycles. The highest BCUT2D eigenvalue weighted by atomic mass is 15.3. The SMILES string of the molecule is Cc1ccc(CN(Cc2ccccc2)C2CC(C)(C)N(Cc3ccc(C)cc3)C(C)(C)C2)cc1. The van der Waals surface area contributed by atoms with Crippen LogP contribution < -0.4 is 0 Å². The predicted molar refractivity (Wildman–Crippen MR) is 145 cm³/mol. The highest BCUT2D eigenvalue weighted by Gasteiger charge is 2.46. The maximum atomic E-state index is 2.74. The molecule has 2 nitrogen and oxygen atoms in total. The number of benzene rings is 3. The first-order chi connectivity index (χ1) is 16.1. The Kier molecular flexibility index (Phi) is 7.31. The summed E-state index contributed by atoms with van der Waals surface area (Å²) in [5.41, 5.74) is 7.08. The summed E-state index contributed by atoms with van der Waals surface area (Å²) in [5.74, 6) is 0. The van der Waals surface area contributed by atoms with Crippen LogP contribution in [0.3, 0.4) is 0 Å². The second-order valence-electron chi connectivity index (χ2n) is 11.6. The fourth-order valence-corrected chi connectivity index (χ4v) is 5.89. The molecule has 2 heteroatoms. The van der Waals surface area contributed by atoms with E-state index in [0.29, 0.717) is 6.04 Å². The first kappa shape index (κ1) is 24.7. The van der Waals surface area contributed by atoms with Gasteiger partial charge in [-0.15, -0.1) is 0 Å². The number of hydrogen-bond donors (Lipinski definition) is 0. The summed E-state index contributed by atoms with van der Waals surface area (Å²) in [4.78, 5) is 5.47. The lowest BCUT2D eigenvalue weighted by molar-refractivity contribution is -0.0747. The summed E-state index contributed by atoms with van der Waals surface area (Å²) >= 11 is 0. The third-order valence-electron chi connectivity index (χ3n) is 7.64. The Bertz CT molecular complexity index is 1030. The van der Waals surface area contributed by atoms with Gasteiger partial charge >= 0.3 is 0 Å². The number of piperidine rings is 1. The van der Waals surface area contributed by atoms with E-state index in [9.17, 15) is 0 Å². The standard InChI is InChI=1S/C32H42N2/c1-25-12-16-28(17-13-25)23-33(22-27-10-8-7-9-11-27)30-20-31(3,4)34(32(5,6)21-30)24-29-18-14-26(2)15-19-29/h7-19,30H,20-24H2,1-6H3. The van der Waals surface area contributed by atoms with Crippen LogP contribution in [0.1, 0.15) is 68.4 Å². The molecule has 0 spiro atoms. The van der Waals surface area contributed by atoms with Crippen molar-refractivity contribution in [2.75, 3.05) is 0 Å². The van der Waals surface area contributed by atoms with E-state index in [0.717, 1.165) is 19.6 Å².